The number of phenolic OH excluding ortho intramolecular Hbond substituents is 2. The lowest BCUT2D eigenvalue weighted by Crippen LogP contribution is -2.35. The van der Waals surface area contributed by atoms with Gasteiger partial charge in [0.1, 0.15) is 28.2 Å². The number of phenols is 2. The molecule has 0 bridgehead atoms. The number of hydrogen-bond donors (Lipinski definition) is 3. The van der Waals surface area contributed by atoms with Crippen molar-refractivity contribution in [3.8, 4) is 22.8 Å². The summed E-state index contributed by atoms with van der Waals surface area (Å²) in [5.74, 6) is -0.474. The van der Waals surface area contributed by atoms with E-state index in [-0.39, 0.29) is 46.8 Å². The number of aliphatic hydroxyl groups excluding tert-OH is 1. The minimum Gasteiger partial charge on any atom is -0.507 e. The van der Waals surface area contributed by atoms with E-state index >= 15 is 0 Å². The molecule has 3 aromatic rings. The normalized spacial score (nSPS) is 19.6. The zero-order chi connectivity index (χ0) is 21.4. The van der Waals surface area contributed by atoms with E-state index in [1.807, 2.05) is 0 Å². The molecule has 1 aromatic heterocycles. The SMILES string of the molecule is CCCN1CCC(c2c(O)cc(O)c3c(=O)cc(-c4ccccc4Cl)oc23)C1CO. The highest BCUT2D eigenvalue weighted by atomic mass is 35.5. The van der Waals surface area contributed by atoms with E-state index in [0.717, 1.165) is 19.5 Å². The fourth-order valence-corrected chi connectivity index (χ4v) is 4.76. The number of rotatable bonds is 5. The van der Waals surface area contributed by atoms with Crippen LogP contribution in [0.2, 0.25) is 5.02 Å². The van der Waals surface area contributed by atoms with Crippen molar-refractivity contribution in [1.82, 2.24) is 4.90 Å². The van der Waals surface area contributed by atoms with Gasteiger partial charge in [-0.1, -0.05) is 30.7 Å². The maximum absolute atomic E-state index is 12.9. The molecule has 1 aliphatic heterocycles. The average molecular weight is 430 g/mol. The van der Waals surface area contributed by atoms with Crippen molar-refractivity contribution in [1.29, 1.82) is 0 Å². The van der Waals surface area contributed by atoms with Crippen LogP contribution in [0.3, 0.4) is 0 Å². The predicted molar refractivity (Wildman–Crippen MR) is 116 cm³/mol. The van der Waals surface area contributed by atoms with Crippen molar-refractivity contribution in [3.63, 3.8) is 0 Å². The molecule has 2 aromatic carbocycles. The van der Waals surface area contributed by atoms with Crippen molar-refractivity contribution in [3.05, 3.63) is 57.2 Å². The van der Waals surface area contributed by atoms with E-state index < -0.39 is 5.43 Å². The molecule has 1 aliphatic rings. The highest BCUT2D eigenvalue weighted by Gasteiger charge is 2.38. The molecule has 0 aliphatic carbocycles. The molecule has 6 nitrogen and oxygen atoms in total. The van der Waals surface area contributed by atoms with Gasteiger partial charge in [0.15, 0.2) is 5.43 Å². The third-order valence-corrected chi connectivity index (χ3v) is 6.20. The first-order valence-electron chi connectivity index (χ1n) is 10.1. The van der Waals surface area contributed by atoms with Crippen molar-refractivity contribution in [2.45, 2.75) is 31.7 Å². The van der Waals surface area contributed by atoms with Gasteiger partial charge in [-0.3, -0.25) is 9.69 Å². The Morgan fingerprint density at radius 2 is 1.97 bits per heavy atom. The summed E-state index contributed by atoms with van der Waals surface area (Å²) in [6, 6.07) is 9.27. The number of likely N-dealkylation sites (tertiary alicyclic amines) is 1. The maximum Gasteiger partial charge on any atom is 0.197 e. The minimum atomic E-state index is -0.422. The number of aromatic hydroxyl groups is 2. The lowest BCUT2D eigenvalue weighted by atomic mass is 9.89. The van der Waals surface area contributed by atoms with Crippen LogP contribution in [0.15, 0.2) is 45.6 Å². The monoisotopic (exact) mass is 429 g/mol. The third kappa shape index (κ3) is 3.45. The van der Waals surface area contributed by atoms with Crippen LogP contribution in [0.4, 0.5) is 0 Å². The van der Waals surface area contributed by atoms with Crippen molar-refractivity contribution in [2.24, 2.45) is 0 Å². The van der Waals surface area contributed by atoms with Gasteiger partial charge < -0.3 is 19.7 Å². The molecule has 3 N–H and O–H groups in total. The second kappa shape index (κ2) is 8.30. The van der Waals surface area contributed by atoms with Crippen molar-refractivity contribution in [2.75, 3.05) is 19.7 Å². The van der Waals surface area contributed by atoms with E-state index in [2.05, 4.69) is 11.8 Å². The van der Waals surface area contributed by atoms with E-state index in [0.29, 0.717) is 22.6 Å². The first-order chi connectivity index (χ1) is 14.5. The summed E-state index contributed by atoms with van der Waals surface area (Å²) in [7, 11) is 0. The Balaban J connectivity index is 1.96. The van der Waals surface area contributed by atoms with Crippen LogP contribution in [-0.2, 0) is 0 Å². The lowest BCUT2D eigenvalue weighted by Gasteiger charge is -2.27. The first-order valence-corrected chi connectivity index (χ1v) is 10.5. The second-order valence-corrected chi connectivity index (χ2v) is 8.08. The first kappa shape index (κ1) is 20.7. The Morgan fingerprint density at radius 3 is 2.67 bits per heavy atom. The number of hydrogen-bond acceptors (Lipinski definition) is 6. The summed E-state index contributed by atoms with van der Waals surface area (Å²) in [6.07, 6.45) is 1.63. The Kier molecular flexibility index (Phi) is 5.73. The molecule has 0 spiro atoms. The number of nitrogens with zero attached hydrogens (tertiary/aromatic N) is 1. The number of benzene rings is 2. The molecule has 7 heteroatoms. The Labute approximate surface area is 178 Å². The van der Waals surface area contributed by atoms with Crippen LogP contribution in [0.5, 0.6) is 11.5 Å². The van der Waals surface area contributed by atoms with Gasteiger partial charge in [0.25, 0.3) is 0 Å². The summed E-state index contributed by atoms with van der Waals surface area (Å²) in [5, 5.41) is 31.6. The number of aliphatic hydroxyl groups is 1. The molecule has 2 heterocycles. The zero-order valence-corrected chi connectivity index (χ0v) is 17.4. The minimum absolute atomic E-state index is 0.0178. The second-order valence-electron chi connectivity index (χ2n) is 7.67. The van der Waals surface area contributed by atoms with E-state index in [4.69, 9.17) is 16.0 Å². The standard InChI is InChI=1S/C23H24ClNO5/c1-2-8-25-9-7-14(16(25)12-26)21-17(27)10-18(28)22-19(29)11-20(30-23(21)22)13-5-3-4-6-15(13)24/h3-6,10-11,14,16,26-28H,2,7-9,12H2,1H3. The molecule has 158 valence electrons. The fourth-order valence-electron chi connectivity index (χ4n) is 4.54. The van der Waals surface area contributed by atoms with Gasteiger partial charge in [-0.05, 0) is 38.1 Å². The van der Waals surface area contributed by atoms with Crippen LogP contribution in [0.25, 0.3) is 22.3 Å². The maximum atomic E-state index is 12.9. The number of halogens is 1. The van der Waals surface area contributed by atoms with Gasteiger partial charge >= 0.3 is 0 Å². The smallest absolute Gasteiger partial charge is 0.197 e. The molecule has 1 fully saturated rings. The van der Waals surface area contributed by atoms with Crippen LogP contribution < -0.4 is 5.43 Å². The lowest BCUT2D eigenvalue weighted by molar-refractivity contribution is 0.150. The van der Waals surface area contributed by atoms with Crippen molar-refractivity contribution >= 4 is 22.6 Å². The molecule has 2 atom stereocenters. The molecule has 0 amide bonds. The Hall–Kier alpha value is -2.54. The quantitative estimate of drug-likeness (QED) is 0.565. The number of fused-ring (bicyclic) bond motifs is 1. The molecule has 4 rings (SSSR count). The average Bonchev–Trinajstić information content (AvgIpc) is 3.10. The third-order valence-electron chi connectivity index (χ3n) is 5.87. The van der Waals surface area contributed by atoms with E-state index in [9.17, 15) is 20.1 Å². The molecular formula is C23H24ClNO5. The van der Waals surface area contributed by atoms with Gasteiger partial charge in [0.2, 0.25) is 0 Å². The molecular weight excluding hydrogens is 406 g/mol. The van der Waals surface area contributed by atoms with Crippen LogP contribution in [0, 0.1) is 0 Å². The summed E-state index contributed by atoms with van der Waals surface area (Å²) in [5.41, 5.74) is 0.696. The van der Waals surface area contributed by atoms with Gasteiger partial charge in [-0.2, -0.15) is 0 Å². The Bertz CT molecular complexity index is 1140. The molecule has 0 radical (unpaired) electrons. The summed E-state index contributed by atoms with van der Waals surface area (Å²) in [4.78, 5) is 15.1. The summed E-state index contributed by atoms with van der Waals surface area (Å²) >= 11 is 6.29. The van der Waals surface area contributed by atoms with Gasteiger partial charge in [0, 0.05) is 35.2 Å². The van der Waals surface area contributed by atoms with Gasteiger partial charge in [-0.25, -0.2) is 0 Å². The Morgan fingerprint density at radius 1 is 1.20 bits per heavy atom. The van der Waals surface area contributed by atoms with Gasteiger partial charge in [-0.15, -0.1) is 0 Å². The highest BCUT2D eigenvalue weighted by molar-refractivity contribution is 6.33. The summed E-state index contributed by atoms with van der Waals surface area (Å²) in [6.45, 7) is 3.58. The van der Waals surface area contributed by atoms with Crippen LogP contribution >= 0.6 is 11.6 Å². The van der Waals surface area contributed by atoms with E-state index in [1.165, 1.54) is 12.1 Å². The molecule has 1 saturated heterocycles. The van der Waals surface area contributed by atoms with Crippen LogP contribution in [-0.4, -0.2) is 46.0 Å². The predicted octanol–water partition coefficient (Wildman–Crippen LogP) is 4.08. The van der Waals surface area contributed by atoms with Crippen LogP contribution in [0.1, 0.15) is 31.2 Å². The topological polar surface area (TPSA) is 94.1 Å². The fraction of sp³-hybridized carbons (Fsp3) is 0.348. The molecule has 0 saturated carbocycles. The molecule has 2 unspecified atom stereocenters. The highest BCUT2D eigenvalue weighted by Crippen LogP contribution is 2.44. The molecule has 30 heavy (non-hydrogen) atoms. The zero-order valence-electron chi connectivity index (χ0n) is 16.6. The van der Waals surface area contributed by atoms with Crippen molar-refractivity contribution < 1.29 is 19.7 Å². The largest absolute Gasteiger partial charge is 0.507 e. The summed E-state index contributed by atoms with van der Waals surface area (Å²) < 4.78 is 6.10. The van der Waals surface area contributed by atoms with Gasteiger partial charge in [0.05, 0.1) is 11.6 Å². The van der Waals surface area contributed by atoms with E-state index in [1.54, 1.807) is 24.3 Å².